The molecule has 0 aliphatic heterocycles. The molecule has 0 amide bonds. The zero-order chi connectivity index (χ0) is 19.3. The van der Waals surface area contributed by atoms with Crippen LogP contribution in [0.2, 0.25) is 0 Å². The molecule has 0 bridgehead atoms. The van der Waals surface area contributed by atoms with Crippen LogP contribution in [0.4, 0.5) is 0 Å². The Morgan fingerprint density at radius 2 is 1.31 bits per heavy atom. The number of benzene rings is 2. The van der Waals surface area contributed by atoms with Gasteiger partial charge in [0.25, 0.3) is 0 Å². The molecule has 1 unspecified atom stereocenters. The van der Waals surface area contributed by atoms with Gasteiger partial charge in [-0.1, -0.05) is 13.8 Å². The Labute approximate surface area is 156 Å². The summed E-state index contributed by atoms with van der Waals surface area (Å²) in [5.74, 6) is 3.44. The van der Waals surface area contributed by atoms with E-state index in [1.165, 1.54) is 0 Å². The second-order valence-corrected chi connectivity index (χ2v) is 6.62. The van der Waals surface area contributed by atoms with Gasteiger partial charge < -0.3 is 23.7 Å². The van der Waals surface area contributed by atoms with Crippen molar-refractivity contribution in [1.29, 1.82) is 0 Å². The van der Waals surface area contributed by atoms with Crippen LogP contribution in [0.1, 0.15) is 38.4 Å². The Bertz CT molecular complexity index is 739. The Morgan fingerprint density at radius 3 is 1.77 bits per heavy atom. The fraction of sp³-hybridized carbons (Fsp3) is 0.524. The highest BCUT2D eigenvalue weighted by Gasteiger charge is 2.25. The zero-order valence-corrected chi connectivity index (χ0v) is 16.8. The molecule has 0 heterocycles. The fourth-order valence-corrected chi connectivity index (χ4v) is 3.30. The maximum atomic E-state index is 5.82. The van der Waals surface area contributed by atoms with E-state index in [1.54, 1.807) is 35.5 Å². The highest BCUT2D eigenvalue weighted by Crippen LogP contribution is 2.48. The van der Waals surface area contributed by atoms with Crippen molar-refractivity contribution >= 4 is 10.8 Å². The molecule has 2 aromatic rings. The molecular formula is C21H30O5. The van der Waals surface area contributed by atoms with Crippen LogP contribution in [-0.2, 0) is 4.74 Å². The lowest BCUT2D eigenvalue weighted by atomic mass is 9.95. The summed E-state index contributed by atoms with van der Waals surface area (Å²) >= 11 is 0. The highest BCUT2D eigenvalue weighted by atomic mass is 16.5. The van der Waals surface area contributed by atoms with E-state index in [0.717, 1.165) is 34.9 Å². The van der Waals surface area contributed by atoms with E-state index in [0.29, 0.717) is 23.2 Å². The van der Waals surface area contributed by atoms with E-state index in [9.17, 15) is 0 Å². The van der Waals surface area contributed by atoms with Gasteiger partial charge in [0.05, 0.1) is 45.3 Å². The summed E-state index contributed by atoms with van der Waals surface area (Å²) in [7, 11) is 8.33. The number of hydrogen-bond donors (Lipinski definition) is 0. The van der Waals surface area contributed by atoms with Gasteiger partial charge in [0.2, 0.25) is 0 Å². The van der Waals surface area contributed by atoms with E-state index in [-0.39, 0.29) is 6.10 Å². The van der Waals surface area contributed by atoms with Crippen molar-refractivity contribution in [1.82, 2.24) is 0 Å². The molecule has 144 valence electrons. The highest BCUT2D eigenvalue weighted by molar-refractivity contribution is 6.03. The lowest BCUT2D eigenvalue weighted by molar-refractivity contribution is 0.0882. The van der Waals surface area contributed by atoms with Gasteiger partial charge in [-0.3, -0.25) is 0 Å². The van der Waals surface area contributed by atoms with Gasteiger partial charge in [0.1, 0.15) is 23.0 Å². The van der Waals surface area contributed by atoms with E-state index >= 15 is 0 Å². The Balaban J connectivity index is 2.79. The normalized spacial score (nSPS) is 12.3. The maximum Gasteiger partial charge on any atom is 0.136 e. The van der Waals surface area contributed by atoms with Gasteiger partial charge in [-0.05, 0) is 37.0 Å². The van der Waals surface area contributed by atoms with Crippen LogP contribution < -0.4 is 18.9 Å². The number of hydrogen-bond acceptors (Lipinski definition) is 5. The van der Waals surface area contributed by atoms with Crippen molar-refractivity contribution < 1.29 is 23.7 Å². The molecule has 0 aliphatic carbocycles. The van der Waals surface area contributed by atoms with E-state index in [2.05, 4.69) is 13.8 Å². The lowest BCUT2D eigenvalue weighted by Gasteiger charge is -2.23. The minimum absolute atomic E-state index is 0.0958. The van der Waals surface area contributed by atoms with Crippen LogP contribution in [0, 0.1) is 5.92 Å². The summed E-state index contributed by atoms with van der Waals surface area (Å²) in [5, 5.41) is 1.66. The Hall–Kier alpha value is -2.14. The van der Waals surface area contributed by atoms with E-state index < -0.39 is 0 Å². The van der Waals surface area contributed by atoms with Gasteiger partial charge >= 0.3 is 0 Å². The molecule has 0 spiro atoms. The molecule has 5 heteroatoms. The first-order valence-electron chi connectivity index (χ1n) is 8.84. The van der Waals surface area contributed by atoms with E-state index in [4.69, 9.17) is 23.7 Å². The quantitative estimate of drug-likeness (QED) is 0.628. The smallest absolute Gasteiger partial charge is 0.136 e. The molecule has 0 radical (unpaired) electrons. The molecule has 0 saturated carbocycles. The zero-order valence-electron chi connectivity index (χ0n) is 16.8. The largest absolute Gasteiger partial charge is 0.496 e. The van der Waals surface area contributed by atoms with Crippen LogP contribution in [-0.4, -0.2) is 35.5 Å². The van der Waals surface area contributed by atoms with Gasteiger partial charge in [0.15, 0.2) is 0 Å². The van der Waals surface area contributed by atoms with Crippen LogP contribution in [0.5, 0.6) is 23.0 Å². The number of rotatable bonds is 9. The van der Waals surface area contributed by atoms with Crippen molar-refractivity contribution in [3.63, 3.8) is 0 Å². The average molecular weight is 362 g/mol. The molecule has 0 aromatic heterocycles. The van der Waals surface area contributed by atoms with Crippen molar-refractivity contribution in [2.75, 3.05) is 35.5 Å². The third-order valence-corrected chi connectivity index (χ3v) is 4.65. The average Bonchev–Trinajstić information content (AvgIpc) is 2.66. The first kappa shape index (κ1) is 20.2. The second-order valence-electron chi connectivity index (χ2n) is 6.62. The summed E-state index contributed by atoms with van der Waals surface area (Å²) in [6, 6.07) is 5.73. The third-order valence-electron chi connectivity index (χ3n) is 4.65. The minimum atomic E-state index is -0.0958. The monoisotopic (exact) mass is 362 g/mol. The SMILES string of the molecule is COc1ccc(OC)c2c(OC)c(C(CCC(C)C)OC)cc(OC)c12. The van der Waals surface area contributed by atoms with Crippen LogP contribution in [0.25, 0.3) is 10.8 Å². The van der Waals surface area contributed by atoms with Crippen LogP contribution in [0.15, 0.2) is 18.2 Å². The van der Waals surface area contributed by atoms with Crippen molar-refractivity contribution in [2.24, 2.45) is 5.92 Å². The Kier molecular flexibility index (Phi) is 6.98. The summed E-state index contributed by atoms with van der Waals surface area (Å²) in [4.78, 5) is 0. The Morgan fingerprint density at radius 1 is 0.731 bits per heavy atom. The summed E-state index contributed by atoms with van der Waals surface area (Å²) in [5.41, 5.74) is 0.951. The first-order chi connectivity index (χ1) is 12.5. The first-order valence-corrected chi connectivity index (χ1v) is 8.84. The lowest BCUT2D eigenvalue weighted by Crippen LogP contribution is -2.07. The van der Waals surface area contributed by atoms with Crippen molar-refractivity contribution in [3.8, 4) is 23.0 Å². The van der Waals surface area contributed by atoms with Gasteiger partial charge in [-0.2, -0.15) is 0 Å². The molecule has 1 atom stereocenters. The van der Waals surface area contributed by atoms with Gasteiger partial charge in [-0.15, -0.1) is 0 Å². The summed E-state index contributed by atoms with van der Waals surface area (Å²) < 4.78 is 28.5. The molecule has 26 heavy (non-hydrogen) atoms. The molecule has 0 fully saturated rings. The third kappa shape index (κ3) is 3.83. The number of fused-ring (bicyclic) bond motifs is 1. The topological polar surface area (TPSA) is 46.2 Å². The number of ether oxygens (including phenoxy) is 5. The van der Waals surface area contributed by atoms with Crippen molar-refractivity contribution in [3.05, 3.63) is 23.8 Å². The second kappa shape index (κ2) is 8.99. The predicted octanol–water partition coefficient (Wildman–Crippen LogP) is 5.00. The summed E-state index contributed by atoms with van der Waals surface area (Å²) in [6.45, 7) is 4.41. The number of methoxy groups -OCH3 is 5. The minimum Gasteiger partial charge on any atom is -0.496 e. The molecule has 2 rings (SSSR count). The van der Waals surface area contributed by atoms with Gasteiger partial charge in [0, 0.05) is 12.7 Å². The van der Waals surface area contributed by atoms with Crippen LogP contribution in [0.3, 0.4) is 0 Å². The molecule has 5 nitrogen and oxygen atoms in total. The molecule has 0 N–H and O–H groups in total. The van der Waals surface area contributed by atoms with Crippen molar-refractivity contribution in [2.45, 2.75) is 32.8 Å². The molecule has 0 aliphatic rings. The van der Waals surface area contributed by atoms with Crippen LogP contribution >= 0.6 is 0 Å². The maximum absolute atomic E-state index is 5.82. The fourth-order valence-electron chi connectivity index (χ4n) is 3.30. The molecule has 0 saturated heterocycles. The predicted molar refractivity (Wildman–Crippen MR) is 104 cm³/mol. The van der Waals surface area contributed by atoms with Gasteiger partial charge in [-0.25, -0.2) is 0 Å². The van der Waals surface area contributed by atoms with E-state index in [1.807, 2.05) is 18.2 Å². The summed E-state index contributed by atoms with van der Waals surface area (Å²) in [6.07, 6.45) is 1.85. The molecular weight excluding hydrogens is 332 g/mol. The molecule has 2 aromatic carbocycles. The standard InChI is InChI=1S/C21H30O5/c1-13(2)8-9-15(22-3)14-12-18(25-6)19-16(23-4)10-11-17(24-5)20(19)21(14)26-7/h10-13,15H,8-9H2,1-7H3.